The van der Waals surface area contributed by atoms with E-state index in [1.807, 2.05) is 6.92 Å². The second-order valence-electron chi connectivity index (χ2n) is 6.61. The molecule has 2 aromatic carbocycles. The number of aliphatic carboxylic acids is 1. The Bertz CT molecular complexity index is 1020. The fraction of sp³-hybridized carbons (Fsp3) is 0.227. The summed E-state index contributed by atoms with van der Waals surface area (Å²) in [7, 11) is 0. The van der Waals surface area contributed by atoms with Crippen molar-refractivity contribution >= 4 is 29.4 Å². The van der Waals surface area contributed by atoms with Crippen molar-refractivity contribution in [2.45, 2.75) is 19.4 Å². The third-order valence-corrected chi connectivity index (χ3v) is 4.22. The Labute approximate surface area is 185 Å². The van der Waals surface area contributed by atoms with E-state index in [0.717, 1.165) is 0 Å². The van der Waals surface area contributed by atoms with E-state index in [0.29, 0.717) is 23.4 Å². The summed E-state index contributed by atoms with van der Waals surface area (Å²) in [5.41, 5.74) is 1.48. The van der Waals surface area contributed by atoms with Crippen molar-refractivity contribution in [1.82, 2.24) is 16.0 Å². The Hall–Kier alpha value is -4.39. The maximum Gasteiger partial charge on any atom is 0.305 e. The van der Waals surface area contributed by atoms with Gasteiger partial charge in [-0.2, -0.15) is 5.26 Å². The van der Waals surface area contributed by atoms with Crippen molar-refractivity contribution in [3.8, 4) is 6.19 Å². The highest BCUT2D eigenvalue weighted by molar-refractivity contribution is 5.99. The summed E-state index contributed by atoms with van der Waals surface area (Å²) in [6, 6.07) is 14.5. The van der Waals surface area contributed by atoms with Gasteiger partial charge in [-0.1, -0.05) is 36.4 Å². The molecule has 2 amide bonds. The number of carbonyl (C=O) groups is 3. The minimum Gasteiger partial charge on any atom is -0.481 e. The van der Waals surface area contributed by atoms with E-state index in [4.69, 9.17) is 10.4 Å². The molecule has 0 spiro atoms. The van der Waals surface area contributed by atoms with E-state index in [1.165, 1.54) is 0 Å². The summed E-state index contributed by atoms with van der Waals surface area (Å²) in [5, 5.41) is 28.8. The van der Waals surface area contributed by atoms with Crippen molar-refractivity contribution < 1.29 is 19.5 Å². The van der Waals surface area contributed by atoms with Crippen LogP contribution in [0, 0.1) is 11.5 Å². The molecule has 0 saturated carbocycles. The zero-order valence-electron chi connectivity index (χ0n) is 17.5. The molecule has 0 bridgehead atoms. The number of nitriles is 1. The minimum atomic E-state index is -1.05. The number of carbonyl (C=O) groups excluding carboxylic acids is 2. The molecule has 32 heavy (non-hydrogen) atoms. The Morgan fingerprint density at radius 3 is 2.50 bits per heavy atom. The van der Waals surface area contributed by atoms with Gasteiger partial charge >= 0.3 is 5.97 Å². The first-order chi connectivity index (χ1) is 15.4. The lowest BCUT2D eigenvalue weighted by atomic mass is 10.0. The molecule has 166 valence electrons. The molecule has 0 radical (unpaired) electrons. The molecular formula is C22H24N6O4. The van der Waals surface area contributed by atoms with Crippen LogP contribution < -0.4 is 21.3 Å². The average Bonchev–Trinajstić information content (AvgIpc) is 2.78. The maximum absolute atomic E-state index is 12.5. The van der Waals surface area contributed by atoms with Crippen LogP contribution in [0.3, 0.4) is 0 Å². The van der Waals surface area contributed by atoms with Crippen molar-refractivity contribution in [1.29, 1.82) is 5.26 Å². The fourth-order valence-electron chi connectivity index (χ4n) is 2.82. The molecule has 2 rings (SSSR count). The monoisotopic (exact) mass is 436 g/mol. The van der Waals surface area contributed by atoms with Gasteiger partial charge in [0.2, 0.25) is 18.1 Å². The van der Waals surface area contributed by atoms with Crippen molar-refractivity contribution in [3.63, 3.8) is 0 Å². The Morgan fingerprint density at radius 1 is 1.09 bits per heavy atom. The lowest BCUT2D eigenvalue weighted by Crippen LogP contribution is -2.39. The van der Waals surface area contributed by atoms with Gasteiger partial charge in [0.1, 0.15) is 0 Å². The molecule has 0 fully saturated rings. The van der Waals surface area contributed by atoms with Gasteiger partial charge in [-0.25, -0.2) is 0 Å². The first kappa shape index (κ1) is 23.9. The Morgan fingerprint density at radius 2 is 1.84 bits per heavy atom. The number of anilines is 1. The summed E-state index contributed by atoms with van der Waals surface area (Å²) in [5.74, 6) is -1.81. The van der Waals surface area contributed by atoms with Crippen LogP contribution in [0.2, 0.25) is 0 Å². The Kier molecular flexibility index (Phi) is 9.21. The molecule has 0 aliphatic rings. The van der Waals surface area contributed by atoms with Gasteiger partial charge < -0.3 is 26.4 Å². The lowest BCUT2D eigenvalue weighted by molar-refractivity contribution is -0.137. The second kappa shape index (κ2) is 12.3. The molecule has 0 heterocycles. The SMILES string of the molecule is CCN/C(=N\C#N)Nc1cccc(C(=O)NCC(=O)NC(CC(=O)O)c2ccccc2)c1. The number of rotatable bonds is 9. The van der Waals surface area contributed by atoms with Crippen LogP contribution in [0.4, 0.5) is 5.69 Å². The van der Waals surface area contributed by atoms with Crippen LogP contribution in [0.15, 0.2) is 59.6 Å². The highest BCUT2D eigenvalue weighted by Crippen LogP contribution is 2.16. The van der Waals surface area contributed by atoms with Crippen molar-refractivity contribution in [3.05, 3.63) is 65.7 Å². The number of benzene rings is 2. The number of guanidine groups is 1. The third kappa shape index (κ3) is 7.79. The zero-order chi connectivity index (χ0) is 23.3. The van der Waals surface area contributed by atoms with Crippen LogP contribution in [-0.2, 0) is 9.59 Å². The van der Waals surface area contributed by atoms with Gasteiger partial charge in [0.15, 0.2) is 0 Å². The first-order valence-corrected chi connectivity index (χ1v) is 9.85. The number of amides is 2. The highest BCUT2D eigenvalue weighted by atomic mass is 16.4. The van der Waals surface area contributed by atoms with Crippen LogP contribution >= 0.6 is 0 Å². The number of nitrogens with zero attached hydrogens (tertiary/aromatic N) is 2. The number of hydrogen-bond donors (Lipinski definition) is 5. The van der Waals surface area contributed by atoms with Crippen LogP contribution in [0.1, 0.15) is 35.3 Å². The summed E-state index contributed by atoms with van der Waals surface area (Å²) in [6.07, 6.45) is 1.40. The topological polar surface area (TPSA) is 156 Å². The quantitative estimate of drug-likeness (QED) is 0.227. The lowest BCUT2D eigenvalue weighted by Gasteiger charge is -2.17. The molecule has 0 aliphatic heterocycles. The molecule has 0 aromatic heterocycles. The summed E-state index contributed by atoms with van der Waals surface area (Å²) < 4.78 is 0. The molecule has 10 nitrogen and oxygen atoms in total. The minimum absolute atomic E-state index is 0.248. The fourth-order valence-corrected chi connectivity index (χ4v) is 2.82. The molecule has 5 N–H and O–H groups in total. The predicted octanol–water partition coefficient (Wildman–Crippen LogP) is 1.61. The van der Waals surface area contributed by atoms with Gasteiger partial charge in [-0.05, 0) is 30.7 Å². The van der Waals surface area contributed by atoms with E-state index >= 15 is 0 Å². The van der Waals surface area contributed by atoms with Gasteiger partial charge in [0, 0.05) is 17.8 Å². The summed E-state index contributed by atoms with van der Waals surface area (Å²) in [6.45, 7) is 2.08. The van der Waals surface area contributed by atoms with Gasteiger partial charge in [-0.3, -0.25) is 14.4 Å². The highest BCUT2D eigenvalue weighted by Gasteiger charge is 2.18. The number of carboxylic acid groups (broad SMARTS) is 1. The van der Waals surface area contributed by atoms with Crippen LogP contribution in [0.25, 0.3) is 0 Å². The predicted molar refractivity (Wildman–Crippen MR) is 119 cm³/mol. The number of carboxylic acids is 1. The van der Waals surface area contributed by atoms with Crippen LogP contribution in [-0.4, -0.2) is 41.9 Å². The molecule has 0 saturated heterocycles. The van der Waals surface area contributed by atoms with E-state index < -0.39 is 23.8 Å². The van der Waals surface area contributed by atoms with E-state index in [9.17, 15) is 14.4 Å². The molecule has 10 heteroatoms. The first-order valence-electron chi connectivity index (χ1n) is 9.85. The number of aliphatic imine (C=N–C) groups is 1. The van der Waals surface area contributed by atoms with E-state index in [2.05, 4.69) is 26.3 Å². The molecule has 1 unspecified atom stereocenters. The third-order valence-electron chi connectivity index (χ3n) is 4.22. The summed E-state index contributed by atoms with van der Waals surface area (Å²) in [4.78, 5) is 39.5. The largest absolute Gasteiger partial charge is 0.481 e. The average molecular weight is 436 g/mol. The van der Waals surface area contributed by atoms with Gasteiger partial charge in [0.05, 0.1) is 19.0 Å². The van der Waals surface area contributed by atoms with E-state index in [-0.39, 0.29) is 18.9 Å². The molecule has 2 aromatic rings. The smallest absolute Gasteiger partial charge is 0.305 e. The zero-order valence-corrected chi connectivity index (χ0v) is 17.5. The van der Waals surface area contributed by atoms with Crippen molar-refractivity contribution in [2.75, 3.05) is 18.4 Å². The summed E-state index contributed by atoms with van der Waals surface area (Å²) >= 11 is 0. The maximum atomic E-state index is 12.5. The Balaban J connectivity index is 1.98. The van der Waals surface area contributed by atoms with E-state index in [1.54, 1.807) is 60.8 Å². The molecular weight excluding hydrogens is 412 g/mol. The molecule has 0 aliphatic carbocycles. The second-order valence-corrected chi connectivity index (χ2v) is 6.61. The van der Waals surface area contributed by atoms with Crippen LogP contribution in [0.5, 0.6) is 0 Å². The van der Waals surface area contributed by atoms with Crippen molar-refractivity contribution in [2.24, 2.45) is 4.99 Å². The number of hydrogen-bond acceptors (Lipinski definition) is 5. The number of nitrogens with one attached hydrogen (secondary N) is 4. The normalized spacial score (nSPS) is 11.6. The molecule has 1 atom stereocenters. The van der Waals surface area contributed by atoms with Gasteiger partial charge in [0.25, 0.3) is 5.91 Å². The standard InChI is InChI=1S/C22H24N6O4/c1-2-24-22(26-14-23)27-17-10-6-9-16(11-17)21(32)25-13-19(29)28-18(12-20(30)31)15-7-4-3-5-8-15/h3-11,18H,2,12-13H2,1H3,(H,25,32)(H,28,29)(H,30,31)(H2,24,26,27). The van der Waals surface area contributed by atoms with Gasteiger partial charge in [-0.15, -0.1) is 4.99 Å².